The average molecular weight is 469 g/mol. The molecule has 1 aliphatic rings. The summed E-state index contributed by atoms with van der Waals surface area (Å²) in [5.41, 5.74) is -0.523. The lowest BCUT2D eigenvalue weighted by Gasteiger charge is -2.34. The number of amides is 1. The number of piperazine rings is 1. The summed E-state index contributed by atoms with van der Waals surface area (Å²) in [4.78, 5) is 13.9. The van der Waals surface area contributed by atoms with Gasteiger partial charge in [0.15, 0.2) is 0 Å². The molecule has 0 N–H and O–H groups in total. The highest BCUT2D eigenvalue weighted by Crippen LogP contribution is 2.34. The Balaban J connectivity index is 1.78. The van der Waals surface area contributed by atoms with E-state index in [4.69, 9.17) is 11.6 Å². The third-order valence-corrected chi connectivity index (χ3v) is 7.62. The van der Waals surface area contributed by atoms with Crippen LogP contribution in [0.1, 0.15) is 27.9 Å². The van der Waals surface area contributed by atoms with Gasteiger partial charge < -0.3 is 4.90 Å². The molecule has 2 aromatic rings. The van der Waals surface area contributed by atoms with Crippen LogP contribution in [0.15, 0.2) is 23.1 Å². The Morgan fingerprint density at radius 3 is 2.48 bits per heavy atom. The zero-order chi connectivity index (χ0) is 21.4. The number of hydrogen-bond donors (Lipinski definition) is 0. The lowest BCUT2D eigenvalue weighted by Crippen LogP contribution is -2.50. The van der Waals surface area contributed by atoms with Gasteiger partial charge >= 0.3 is 6.18 Å². The van der Waals surface area contributed by atoms with Crippen molar-refractivity contribution >= 4 is 39.1 Å². The third kappa shape index (κ3) is 4.39. The fourth-order valence-corrected chi connectivity index (χ4v) is 5.54. The number of aryl methyl sites for hydroxylation is 1. The van der Waals surface area contributed by atoms with Gasteiger partial charge in [0.1, 0.15) is 9.77 Å². The molecule has 1 fully saturated rings. The summed E-state index contributed by atoms with van der Waals surface area (Å²) in [6.07, 6.45) is -4.15. The van der Waals surface area contributed by atoms with E-state index in [1.54, 1.807) is 0 Å². The molecule has 1 aliphatic heterocycles. The minimum Gasteiger partial charge on any atom is -0.335 e. The highest BCUT2D eigenvalue weighted by molar-refractivity contribution is 7.89. The fraction of sp³-hybridized carbons (Fsp3) is 0.438. The van der Waals surface area contributed by atoms with E-state index in [-0.39, 0.29) is 37.1 Å². The zero-order valence-electron chi connectivity index (χ0n) is 15.1. The molecule has 1 aromatic carbocycles. The van der Waals surface area contributed by atoms with Crippen LogP contribution in [0.5, 0.6) is 0 Å². The second kappa shape index (κ2) is 8.17. The lowest BCUT2D eigenvalue weighted by atomic mass is 10.2. The first-order valence-electron chi connectivity index (χ1n) is 8.53. The van der Waals surface area contributed by atoms with Gasteiger partial charge in [0.2, 0.25) is 10.0 Å². The van der Waals surface area contributed by atoms with Crippen LogP contribution in [0.3, 0.4) is 0 Å². The zero-order valence-corrected chi connectivity index (χ0v) is 17.5. The van der Waals surface area contributed by atoms with Crippen LogP contribution >= 0.6 is 23.1 Å². The standard InChI is InChI=1S/C16H16ClF3N4O3S2/c1-2-12-14(28-22-21-12)15(25)23-5-7-24(8-6-23)29(26,27)13-9-10(16(18,19)20)3-4-11(13)17/h3-4,9H,2,5-8H2,1H3. The Morgan fingerprint density at radius 2 is 1.90 bits per heavy atom. The van der Waals surface area contributed by atoms with Crippen LogP contribution < -0.4 is 0 Å². The monoisotopic (exact) mass is 468 g/mol. The van der Waals surface area contributed by atoms with Gasteiger partial charge in [0.05, 0.1) is 16.3 Å². The number of halogens is 4. The van der Waals surface area contributed by atoms with Crippen LogP contribution in [0, 0.1) is 0 Å². The smallest absolute Gasteiger partial charge is 0.335 e. The Kier molecular flexibility index (Phi) is 6.18. The number of hydrogen-bond acceptors (Lipinski definition) is 6. The molecule has 3 rings (SSSR count). The number of alkyl halides is 3. The van der Waals surface area contributed by atoms with E-state index in [0.29, 0.717) is 23.1 Å². The first-order valence-corrected chi connectivity index (χ1v) is 11.1. The minimum absolute atomic E-state index is 0.0612. The molecule has 0 saturated carbocycles. The molecule has 29 heavy (non-hydrogen) atoms. The lowest BCUT2D eigenvalue weighted by molar-refractivity contribution is -0.137. The van der Waals surface area contributed by atoms with Crippen LogP contribution in [0.4, 0.5) is 13.2 Å². The molecule has 0 radical (unpaired) electrons. The summed E-state index contributed by atoms with van der Waals surface area (Å²) in [5, 5.41) is 3.60. The number of rotatable bonds is 4. The van der Waals surface area contributed by atoms with E-state index in [9.17, 15) is 26.4 Å². The first kappa shape index (κ1) is 21.9. The maximum absolute atomic E-state index is 13.0. The second-order valence-electron chi connectivity index (χ2n) is 6.24. The summed E-state index contributed by atoms with van der Waals surface area (Å²) >= 11 is 6.86. The van der Waals surface area contributed by atoms with Gasteiger partial charge in [0, 0.05) is 26.2 Å². The van der Waals surface area contributed by atoms with Crippen molar-refractivity contribution in [1.82, 2.24) is 18.8 Å². The van der Waals surface area contributed by atoms with Crippen molar-refractivity contribution in [3.8, 4) is 0 Å². The van der Waals surface area contributed by atoms with Crippen molar-refractivity contribution < 1.29 is 26.4 Å². The number of carbonyl (C=O) groups is 1. The van der Waals surface area contributed by atoms with Gasteiger partial charge in [-0.2, -0.15) is 17.5 Å². The van der Waals surface area contributed by atoms with Crippen LogP contribution in [0.2, 0.25) is 5.02 Å². The van der Waals surface area contributed by atoms with Crippen LogP contribution in [0.25, 0.3) is 0 Å². The molecule has 158 valence electrons. The maximum atomic E-state index is 13.0. The van der Waals surface area contributed by atoms with Crippen molar-refractivity contribution in [2.75, 3.05) is 26.2 Å². The fourth-order valence-electron chi connectivity index (χ4n) is 2.89. The van der Waals surface area contributed by atoms with Gasteiger partial charge in [-0.1, -0.05) is 23.0 Å². The number of aromatic nitrogens is 2. The number of sulfonamides is 1. The maximum Gasteiger partial charge on any atom is 0.416 e. The highest BCUT2D eigenvalue weighted by Gasteiger charge is 2.36. The first-order chi connectivity index (χ1) is 13.6. The molecule has 2 heterocycles. The van der Waals surface area contributed by atoms with Gasteiger partial charge in [-0.15, -0.1) is 5.10 Å². The molecular formula is C16H16ClF3N4O3S2. The van der Waals surface area contributed by atoms with Gasteiger partial charge in [0.25, 0.3) is 5.91 Å². The van der Waals surface area contributed by atoms with Crippen molar-refractivity contribution in [1.29, 1.82) is 0 Å². The molecule has 0 aliphatic carbocycles. The average Bonchev–Trinajstić information content (AvgIpc) is 3.15. The van der Waals surface area contributed by atoms with Crippen LogP contribution in [-0.2, 0) is 22.6 Å². The summed E-state index contributed by atoms with van der Waals surface area (Å²) < 4.78 is 69.4. The molecule has 7 nitrogen and oxygen atoms in total. The quantitative estimate of drug-likeness (QED) is 0.689. The molecule has 13 heteroatoms. The number of benzene rings is 1. The van der Waals surface area contributed by atoms with E-state index in [2.05, 4.69) is 9.59 Å². The Labute approximate surface area is 174 Å². The molecule has 1 saturated heterocycles. The van der Waals surface area contributed by atoms with Crippen molar-refractivity contribution in [3.05, 3.63) is 39.4 Å². The number of nitrogens with zero attached hydrogens (tertiary/aromatic N) is 4. The van der Waals surface area contributed by atoms with E-state index in [1.807, 2.05) is 6.92 Å². The van der Waals surface area contributed by atoms with E-state index >= 15 is 0 Å². The van der Waals surface area contributed by atoms with Crippen LogP contribution in [-0.4, -0.2) is 59.3 Å². The van der Waals surface area contributed by atoms with Crippen molar-refractivity contribution in [2.24, 2.45) is 0 Å². The van der Waals surface area contributed by atoms with E-state index in [1.165, 1.54) is 4.90 Å². The Morgan fingerprint density at radius 1 is 1.24 bits per heavy atom. The summed E-state index contributed by atoms with van der Waals surface area (Å²) in [5.74, 6) is -0.286. The summed E-state index contributed by atoms with van der Waals surface area (Å²) in [6.45, 7) is 1.91. The molecule has 1 amide bonds. The van der Waals surface area contributed by atoms with Crippen molar-refractivity contribution in [3.63, 3.8) is 0 Å². The van der Waals surface area contributed by atoms with E-state index < -0.39 is 26.7 Å². The highest BCUT2D eigenvalue weighted by atomic mass is 35.5. The summed E-state index contributed by atoms with van der Waals surface area (Å²) in [7, 11) is -4.25. The largest absolute Gasteiger partial charge is 0.416 e. The molecular weight excluding hydrogens is 453 g/mol. The molecule has 0 unspecified atom stereocenters. The topological polar surface area (TPSA) is 83.5 Å². The van der Waals surface area contributed by atoms with Gasteiger partial charge in [-0.3, -0.25) is 4.79 Å². The molecule has 0 spiro atoms. The SMILES string of the molecule is CCc1nnsc1C(=O)N1CCN(S(=O)(=O)c2cc(C(F)(F)F)ccc2Cl)CC1. The molecule has 0 atom stereocenters. The normalized spacial score (nSPS) is 16.2. The Hall–Kier alpha value is -1.76. The second-order valence-corrected chi connectivity index (χ2v) is 9.31. The van der Waals surface area contributed by atoms with E-state index in [0.717, 1.165) is 28.0 Å². The van der Waals surface area contributed by atoms with Gasteiger partial charge in [-0.05, 0) is 36.2 Å². The summed E-state index contributed by atoms with van der Waals surface area (Å²) in [6, 6.07) is 2.18. The Bertz CT molecular complexity index is 1020. The van der Waals surface area contributed by atoms with Crippen molar-refractivity contribution in [2.45, 2.75) is 24.4 Å². The predicted octanol–water partition coefficient (Wildman–Crippen LogP) is 2.92. The van der Waals surface area contributed by atoms with Gasteiger partial charge in [-0.25, -0.2) is 8.42 Å². The molecule has 0 bridgehead atoms. The molecule has 1 aromatic heterocycles. The minimum atomic E-state index is -4.69. The number of carbonyl (C=O) groups excluding carboxylic acids is 1. The third-order valence-electron chi connectivity index (χ3n) is 4.49. The predicted molar refractivity (Wildman–Crippen MR) is 100 cm³/mol.